The van der Waals surface area contributed by atoms with Crippen molar-refractivity contribution < 1.29 is 0 Å². The molecule has 0 unspecified atom stereocenters. The van der Waals surface area contributed by atoms with Gasteiger partial charge in [-0.25, -0.2) is 0 Å². The van der Waals surface area contributed by atoms with Gasteiger partial charge < -0.3 is 4.90 Å². The zero-order valence-electron chi connectivity index (χ0n) is 6.34. The Hall–Kier alpha value is -1.01. The minimum atomic E-state index is 0.817. The van der Waals surface area contributed by atoms with Crippen molar-refractivity contribution in [2.75, 3.05) is 11.9 Å². The maximum Gasteiger partial charge on any atom is 0.232 e. The number of rotatable bonds is 2. The molecule has 0 saturated heterocycles. The zero-order chi connectivity index (χ0) is 8.39. The number of thiophene rings is 1. The zero-order valence-corrected chi connectivity index (χ0v) is 7.97. The van der Waals surface area contributed by atoms with Crippen LogP contribution in [0, 0.1) is 0 Å². The van der Waals surface area contributed by atoms with Gasteiger partial charge in [0.15, 0.2) is 0 Å². The third kappa shape index (κ3) is 1.30. The molecule has 2 aromatic rings. The first-order valence-corrected chi connectivity index (χ1v) is 4.95. The summed E-state index contributed by atoms with van der Waals surface area (Å²) in [5.41, 5.74) is 0. The van der Waals surface area contributed by atoms with Gasteiger partial charge in [0.2, 0.25) is 5.13 Å². The normalized spacial score (nSPS) is 10.1. The first-order chi connectivity index (χ1) is 5.88. The molecule has 2 aromatic heterocycles. The van der Waals surface area contributed by atoms with E-state index in [0.717, 1.165) is 10.1 Å². The Bertz CT molecular complexity index is 294. The van der Waals surface area contributed by atoms with Gasteiger partial charge in [-0.2, -0.15) is 0 Å². The van der Waals surface area contributed by atoms with Crippen LogP contribution in [-0.2, 0) is 0 Å². The standard InChI is InChI=1S/C6H6N4S2/c1-10(5-3-2-4-11-5)6-7-8-9-12-6/h2-4H,1H3. The fourth-order valence-electron chi connectivity index (χ4n) is 0.813. The van der Waals surface area contributed by atoms with Crippen LogP contribution in [0.15, 0.2) is 17.5 Å². The van der Waals surface area contributed by atoms with Gasteiger partial charge >= 0.3 is 0 Å². The van der Waals surface area contributed by atoms with E-state index in [4.69, 9.17) is 0 Å². The summed E-state index contributed by atoms with van der Waals surface area (Å²) in [5.74, 6) is 0. The number of aromatic nitrogens is 3. The molecule has 0 aliphatic carbocycles. The highest BCUT2D eigenvalue weighted by molar-refractivity contribution is 7.15. The average Bonchev–Trinajstić information content (AvgIpc) is 2.77. The molecule has 0 aliphatic heterocycles. The fourth-order valence-corrected chi connectivity index (χ4v) is 2.01. The summed E-state index contributed by atoms with van der Waals surface area (Å²) in [4.78, 5) is 1.97. The number of nitrogens with zero attached hydrogens (tertiary/aromatic N) is 4. The van der Waals surface area contributed by atoms with E-state index in [1.165, 1.54) is 11.5 Å². The maximum atomic E-state index is 3.86. The van der Waals surface area contributed by atoms with Crippen molar-refractivity contribution in [2.45, 2.75) is 0 Å². The molecular weight excluding hydrogens is 192 g/mol. The minimum absolute atomic E-state index is 0.817. The number of anilines is 2. The van der Waals surface area contributed by atoms with Crippen LogP contribution in [0.25, 0.3) is 0 Å². The van der Waals surface area contributed by atoms with E-state index < -0.39 is 0 Å². The molecule has 6 heteroatoms. The Kier molecular flexibility index (Phi) is 2.01. The molecule has 0 fully saturated rings. The third-order valence-electron chi connectivity index (χ3n) is 1.41. The molecule has 0 bridgehead atoms. The molecule has 0 aromatic carbocycles. The predicted octanol–water partition coefficient (Wildman–Crippen LogP) is 1.76. The molecule has 62 valence electrons. The van der Waals surface area contributed by atoms with Crippen LogP contribution >= 0.6 is 22.9 Å². The first-order valence-electron chi connectivity index (χ1n) is 3.30. The lowest BCUT2D eigenvalue weighted by atomic mass is 10.6. The van der Waals surface area contributed by atoms with Gasteiger partial charge in [-0.1, -0.05) is 9.59 Å². The lowest BCUT2D eigenvalue weighted by Crippen LogP contribution is -2.06. The fraction of sp³-hybridized carbons (Fsp3) is 0.167. The van der Waals surface area contributed by atoms with Crippen LogP contribution in [-0.4, -0.2) is 21.8 Å². The van der Waals surface area contributed by atoms with Gasteiger partial charge in [0.25, 0.3) is 0 Å². The third-order valence-corrected chi connectivity index (χ3v) is 3.03. The largest absolute Gasteiger partial charge is 0.310 e. The highest BCUT2D eigenvalue weighted by atomic mass is 32.1. The summed E-state index contributed by atoms with van der Waals surface area (Å²) in [6.45, 7) is 0. The van der Waals surface area contributed by atoms with Crippen LogP contribution < -0.4 is 4.90 Å². The summed E-state index contributed by atoms with van der Waals surface area (Å²) >= 11 is 2.96. The van der Waals surface area contributed by atoms with Gasteiger partial charge in [-0.05, 0) is 22.7 Å². The average molecular weight is 198 g/mol. The lowest BCUT2D eigenvalue weighted by molar-refractivity contribution is 0.946. The summed E-state index contributed by atoms with van der Waals surface area (Å²) in [7, 11) is 1.95. The van der Waals surface area contributed by atoms with Gasteiger partial charge in [-0.15, -0.1) is 11.3 Å². The summed E-state index contributed by atoms with van der Waals surface area (Å²) < 4.78 is 3.70. The van der Waals surface area contributed by atoms with E-state index in [-0.39, 0.29) is 0 Å². The Balaban J connectivity index is 2.27. The smallest absolute Gasteiger partial charge is 0.232 e. The Morgan fingerprint density at radius 3 is 3.00 bits per heavy atom. The summed E-state index contributed by atoms with van der Waals surface area (Å²) in [6, 6.07) is 4.04. The van der Waals surface area contributed by atoms with Crippen LogP contribution in [0.2, 0.25) is 0 Å². The van der Waals surface area contributed by atoms with Crippen molar-refractivity contribution in [1.29, 1.82) is 0 Å². The summed E-state index contributed by atoms with van der Waals surface area (Å²) in [6.07, 6.45) is 0. The Morgan fingerprint density at radius 2 is 2.42 bits per heavy atom. The minimum Gasteiger partial charge on any atom is -0.310 e. The lowest BCUT2D eigenvalue weighted by Gasteiger charge is -2.10. The van der Waals surface area contributed by atoms with Crippen molar-refractivity contribution in [3.63, 3.8) is 0 Å². The van der Waals surface area contributed by atoms with E-state index >= 15 is 0 Å². The molecule has 0 aliphatic rings. The molecule has 0 amide bonds. The van der Waals surface area contributed by atoms with E-state index in [1.54, 1.807) is 11.3 Å². The van der Waals surface area contributed by atoms with Gasteiger partial charge in [0, 0.05) is 18.6 Å². The molecule has 12 heavy (non-hydrogen) atoms. The van der Waals surface area contributed by atoms with Crippen molar-refractivity contribution in [1.82, 2.24) is 14.8 Å². The van der Waals surface area contributed by atoms with Crippen molar-refractivity contribution in [2.24, 2.45) is 0 Å². The van der Waals surface area contributed by atoms with Crippen LogP contribution in [0.5, 0.6) is 0 Å². The van der Waals surface area contributed by atoms with Crippen molar-refractivity contribution >= 4 is 33.0 Å². The molecule has 0 spiro atoms. The number of hydrogen-bond acceptors (Lipinski definition) is 6. The van der Waals surface area contributed by atoms with E-state index in [2.05, 4.69) is 14.8 Å². The topological polar surface area (TPSA) is 41.9 Å². The SMILES string of the molecule is CN(c1cccs1)c1nnns1. The van der Waals surface area contributed by atoms with Gasteiger partial charge in [0.05, 0.1) is 5.00 Å². The second-order valence-corrected chi connectivity index (χ2v) is 3.79. The first kappa shape index (κ1) is 7.63. The molecule has 0 atom stereocenters. The van der Waals surface area contributed by atoms with Crippen molar-refractivity contribution in [3.8, 4) is 0 Å². The van der Waals surface area contributed by atoms with E-state index in [1.807, 2.05) is 29.5 Å². The molecule has 4 nitrogen and oxygen atoms in total. The van der Waals surface area contributed by atoms with E-state index in [9.17, 15) is 0 Å². The monoisotopic (exact) mass is 198 g/mol. The molecule has 2 heterocycles. The van der Waals surface area contributed by atoms with Gasteiger partial charge in [0.1, 0.15) is 0 Å². The Morgan fingerprint density at radius 1 is 1.50 bits per heavy atom. The summed E-state index contributed by atoms with van der Waals surface area (Å²) in [5, 5.41) is 11.4. The second kappa shape index (κ2) is 3.16. The number of hydrogen-bond donors (Lipinski definition) is 0. The highest BCUT2D eigenvalue weighted by Crippen LogP contribution is 2.27. The van der Waals surface area contributed by atoms with Crippen molar-refractivity contribution in [3.05, 3.63) is 17.5 Å². The van der Waals surface area contributed by atoms with Crippen LogP contribution in [0.1, 0.15) is 0 Å². The molecule has 0 radical (unpaired) electrons. The van der Waals surface area contributed by atoms with E-state index in [0.29, 0.717) is 0 Å². The van der Waals surface area contributed by atoms with Crippen LogP contribution in [0.4, 0.5) is 10.1 Å². The molecule has 0 saturated carbocycles. The molecule has 2 rings (SSSR count). The quantitative estimate of drug-likeness (QED) is 0.737. The second-order valence-electron chi connectivity index (χ2n) is 2.16. The predicted molar refractivity (Wildman–Crippen MR) is 50.1 cm³/mol. The molecule has 0 N–H and O–H groups in total. The maximum absolute atomic E-state index is 3.86. The Labute approximate surface area is 77.6 Å². The van der Waals surface area contributed by atoms with Gasteiger partial charge in [-0.3, -0.25) is 0 Å². The highest BCUT2D eigenvalue weighted by Gasteiger charge is 2.07. The molecular formula is C6H6N4S2. The van der Waals surface area contributed by atoms with Crippen LogP contribution in [0.3, 0.4) is 0 Å².